The van der Waals surface area contributed by atoms with Gasteiger partial charge >= 0.3 is 0 Å². The number of amides is 2. The third-order valence-electron chi connectivity index (χ3n) is 3.56. The number of rotatable bonds is 5. The summed E-state index contributed by atoms with van der Waals surface area (Å²) in [4.78, 5) is 27.6. The van der Waals surface area contributed by atoms with Crippen LogP contribution in [0.5, 0.6) is 0 Å². The van der Waals surface area contributed by atoms with Crippen LogP contribution in [-0.4, -0.2) is 23.3 Å². The first kappa shape index (κ1) is 14.5. The van der Waals surface area contributed by atoms with E-state index in [4.69, 9.17) is 0 Å². The summed E-state index contributed by atoms with van der Waals surface area (Å²) < 4.78 is 0. The lowest BCUT2D eigenvalue weighted by molar-refractivity contribution is -0.124. The van der Waals surface area contributed by atoms with Crippen molar-refractivity contribution in [1.29, 1.82) is 0 Å². The van der Waals surface area contributed by atoms with Gasteiger partial charge in [-0.15, -0.1) is 0 Å². The number of aromatic nitrogens is 1. The normalized spacial score (nSPS) is 15.1. The van der Waals surface area contributed by atoms with Crippen LogP contribution >= 0.6 is 0 Å². The highest BCUT2D eigenvalue weighted by molar-refractivity contribution is 5.90. The van der Waals surface area contributed by atoms with Gasteiger partial charge in [0.1, 0.15) is 5.82 Å². The van der Waals surface area contributed by atoms with E-state index in [1.807, 2.05) is 13.0 Å². The van der Waals surface area contributed by atoms with E-state index in [-0.39, 0.29) is 24.2 Å². The lowest BCUT2D eigenvalue weighted by Crippen LogP contribution is -2.32. The van der Waals surface area contributed by atoms with E-state index < -0.39 is 0 Å². The Morgan fingerprint density at radius 2 is 2.05 bits per heavy atom. The van der Waals surface area contributed by atoms with Crippen LogP contribution in [0.25, 0.3) is 0 Å². The molecule has 0 atom stereocenters. The minimum Gasteiger partial charge on any atom is -0.355 e. The molecule has 0 bridgehead atoms. The van der Waals surface area contributed by atoms with E-state index in [0.717, 1.165) is 31.2 Å². The molecule has 108 valence electrons. The van der Waals surface area contributed by atoms with Gasteiger partial charge in [0.2, 0.25) is 11.8 Å². The Hall–Kier alpha value is -1.91. The van der Waals surface area contributed by atoms with Gasteiger partial charge in [0.25, 0.3) is 0 Å². The maximum Gasteiger partial charge on any atom is 0.227 e. The van der Waals surface area contributed by atoms with Gasteiger partial charge in [-0.25, -0.2) is 4.98 Å². The summed E-state index contributed by atoms with van der Waals surface area (Å²) >= 11 is 0. The fraction of sp³-hybridized carbons (Fsp3) is 0.533. The second-order valence-electron chi connectivity index (χ2n) is 5.29. The largest absolute Gasteiger partial charge is 0.355 e. The third kappa shape index (κ3) is 4.33. The Morgan fingerprint density at radius 3 is 2.70 bits per heavy atom. The highest BCUT2D eigenvalue weighted by Crippen LogP contribution is 2.24. The van der Waals surface area contributed by atoms with Crippen molar-refractivity contribution in [1.82, 2.24) is 10.3 Å². The molecule has 0 saturated heterocycles. The van der Waals surface area contributed by atoms with Crippen molar-refractivity contribution in [3.05, 3.63) is 23.9 Å². The van der Waals surface area contributed by atoms with Gasteiger partial charge in [-0.2, -0.15) is 0 Å². The number of aryl methyl sites for hydroxylation is 1. The molecule has 1 saturated carbocycles. The van der Waals surface area contributed by atoms with Gasteiger partial charge in [-0.05, 0) is 31.4 Å². The maximum atomic E-state index is 11.8. The Labute approximate surface area is 119 Å². The Morgan fingerprint density at radius 1 is 1.30 bits per heavy atom. The summed E-state index contributed by atoms with van der Waals surface area (Å²) in [7, 11) is 0. The third-order valence-corrected chi connectivity index (χ3v) is 3.56. The van der Waals surface area contributed by atoms with Gasteiger partial charge in [0, 0.05) is 25.1 Å². The predicted octanol–water partition coefficient (Wildman–Crippen LogP) is 2.03. The average molecular weight is 275 g/mol. The van der Waals surface area contributed by atoms with Crippen LogP contribution in [-0.2, 0) is 9.59 Å². The van der Waals surface area contributed by atoms with Gasteiger partial charge < -0.3 is 10.6 Å². The molecule has 0 radical (unpaired) electrons. The number of anilines is 1. The van der Waals surface area contributed by atoms with Crippen molar-refractivity contribution < 1.29 is 9.59 Å². The Kier molecular flexibility index (Phi) is 5.09. The molecule has 5 nitrogen and oxygen atoms in total. The van der Waals surface area contributed by atoms with Crippen LogP contribution in [0.4, 0.5) is 5.82 Å². The van der Waals surface area contributed by atoms with Gasteiger partial charge in [-0.3, -0.25) is 9.59 Å². The first-order chi connectivity index (χ1) is 9.65. The molecule has 1 aliphatic rings. The molecule has 1 fully saturated rings. The van der Waals surface area contributed by atoms with E-state index in [2.05, 4.69) is 15.6 Å². The molecule has 0 aliphatic heterocycles. The van der Waals surface area contributed by atoms with Gasteiger partial charge in [-0.1, -0.05) is 18.9 Å². The van der Waals surface area contributed by atoms with Crippen molar-refractivity contribution >= 4 is 17.6 Å². The molecule has 1 heterocycles. The standard InChI is InChI=1S/C15H21N3O2/c1-11-6-7-13(17-10-11)18-14(19)8-9-16-15(20)12-4-2-3-5-12/h6-7,10,12H,2-5,8-9H2,1H3,(H,16,20)(H,17,18,19). The SMILES string of the molecule is Cc1ccc(NC(=O)CCNC(=O)C2CCCC2)nc1. The number of carbonyl (C=O) groups is 2. The van der Waals surface area contributed by atoms with Crippen LogP contribution < -0.4 is 10.6 Å². The highest BCUT2D eigenvalue weighted by Gasteiger charge is 2.22. The van der Waals surface area contributed by atoms with Gasteiger partial charge in [0.15, 0.2) is 0 Å². The highest BCUT2D eigenvalue weighted by atomic mass is 16.2. The Bertz CT molecular complexity index is 465. The average Bonchev–Trinajstić information content (AvgIpc) is 2.95. The van der Waals surface area contributed by atoms with Crippen LogP contribution in [0.2, 0.25) is 0 Å². The number of nitrogens with zero attached hydrogens (tertiary/aromatic N) is 1. The van der Waals surface area contributed by atoms with Gasteiger partial charge in [0.05, 0.1) is 0 Å². The molecular weight excluding hydrogens is 254 g/mol. The molecule has 0 unspecified atom stereocenters. The summed E-state index contributed by atoms with van der Waals surface area (Å²) in [6.07, 6.45) is 6.21. The maximum absolute atomic E-state index is 11.8. The first-order valence-corrected chi connectivity index (χ1v) is 7.15. The minimum atomic E-state index is -0.131. The molecule has 2 rings (SSSR count). The molecule has 5 heteroatoms. The molecule has 0 spiro atoms. The zero-order valence-corrected chi connectivity index (χ0v) is 11.8. The van der Waals surface area contributed by atoms with E-state index >= 15 is 0 Å². The number of nitrogens with one attached hydrogen (secondary N) is 2. The van der Waals surface area contributed by atoms with E-state index in [9.17, 15) is 9.59 Å². The summed E-state index contributed by atoms with van der Waals surface area (Å²) in [5.41, 5.74) is 1.05. The molecule has 1 aromatic rings. The molecule has 2 N–H and O–H groups in total. The van der Waals surface area contributed by atoms with Crippen molar-refractivity contribution in [3.63, 3.8) is 0 Å². The van der Waals surface area contributed by atoms with Crippen molar-refractivity contribution in [2.24, 2.45) is 5.92 Å². The summed E-state index contributed by atoms with van der Waals surface area (Å²) in [5.74, 6) is 0.649. The monoisotopic (exact) mass is 275 g/mol. The molecule has 0 aromatic carbocycles. The molecule has 1 aliphatic carbocycles. The van der Waals surface area contributed by atoms with Crippen molar-refractivity contribution in [3.8, 4) is 0 Å². The smallest absolute Gasteiger partial charge is 0.227 e. The summed E-state index contributed by atoms with van der Waals surface area (Å²) in [5, 5.41) is 5.54. The zero-order valence-electron chi connectivity index (χ0n) is 11.8. The summed E-state index contributed by atoms with van der Waals surface area (Å²) in [6.45, 7) is 2.32. The summed E-state index contributed by atoms with van der Waals surface area (Å²) in [6, 6.07) is 3.66. The molecule has 1 aromatic heterocycles. The number of pyridine rings is 1. The topological polar surface area (TPSA) is 71.1 Å². The molecular formula is C15H21N3O2. The molecule has 20 heavy (non-hydrogen) atoms. The van der Waals surface area contributed by atoms with Crippen LogP contribution in [0.15, 0.2) is 18.3 Å². The van der Waals surface area contributed by atoms with E-state index in [1.165, 1.54) is 0 Å². The predicted molar refractivity (Wildman–Crippen MR) is 77.2 cm³/mol. The second kappa shape index (κ2) is 7.03. The molecule has 2 amide bonds. The van der Waals surface area contributed by atoms with Crippen molar-refractivity contribution in [2.45, 2.75) is 39.0 Å². The fourth-order valence-electron chi connectivity index (χ4n) is 2.38. The lowest BCUT2D eigenvalue weighted by Gasteiger charge is -2.10. The lowest BCUT2D eigenvalue weighted by atomic mass is 10.1. The van der Waals surface area contributed by atoms with Crippen LogP contribution in [0.1, 0.15) is 37.7 Å². The number of carbonyl (C=O) groups excluding carboxylic acids is 2. The van der Waals surface area contributed by atoms with Crippen molar-refractivity contribution in [2.75, 3.05) is 11.9 Å². The minimum absolute atomic E-state index is 0.0868. The van der Waals surface area contributed by atoms with E-state index in [0.29, 0.717) is 12.4 Å². The van der Waals surface area contributed by atoms with Crippen LogP contribution in [0.3, 0.4) is 0 Å². The number of hydrogen-bond acceptors (Lipinski definition) is 3. The quantitative estimate of drug-likeness (QED) is 0.863. The van der Waals surface area contributed by atoms with Crippen LogP contribution in [0, 0.1) is 12.8 Å². The fourth-order valence-corrected chi connectivity index (χ4v) is 2.38. The Balaban J connectivity index is 1.67. The first-order valence-electron chi connectivity index (χ1n) is 7.15. The second-order valence-corrected chi connectivity index (χ2v) is 5.29. The zero-order chi connectivity index (χ0) is 14.4. The van der Waals surface area contributed by atoms with E-state index in [1.54, 1.807) is 12.3 Å². The number of hydrogen-bond donors (Lipinski definition) is 2.